The van der Waals surface area contributed by atoms with Crippen molar-refractivity contribution < 1.29 is 4.79 Å². The lowest BCUT2D eigenvalue weighted by molar-refractivity contribution is 0.0754. The molecule has 1 saturated heterocycles. The van der Waals surface area contributed by atoms with E-state index in [1.807, 2.05) is 30.0 Å². The molecular weight excluding hydrogens is 376 g/mol. The fraction of sp³-hybridized carbons (Fsp3) is 0.375. The van der Waals surface area contributed by atoms with Crippen LogP contribution in [0.4, 0.5) is 0 Å². The van der Waals surface area contributed by atoms with Crippen LogP contribution in [0.3, 0.4) is 0 Å². The molecule has 1 fully saturated rings. The van der Waals surface area contributed by atoms with Gasteiger partial charge in [0.25, 0.3) is 11.5 Å². The van der Waals surface area contributed by atoms with E-state index in [2.05, 4.69) is 41.2 Å². The van der Waals surface area contributed by atoms with Crippen LogP contribution in [-0.4, -0.2) is 51.7 Å². The first-order chi connectivity index (χ1) is 14.6. The standard InChI is InChI=1S/C24H28N4O2/c1-3-28-23(29)21-12-7-6-11-20(21)22(25-28)24(30)27-14-8-13-26(15-16-27)17-19-10-5-4-9-18(19)2/h4-7,9-12H,3,8,13-17H2,1-2H3. The molecule has 30 heavy (non-hydrogen) atoms. The van der Waals surface area contributed by atoms with Gasteiger partial charge in [-0.3, -0.25) is 14.5 Å². The molecular formula is C24H28N4O2. The Morgan fingerprint density at radius 2 is 1.70 bits per heavy atom. The lowest BCUT2D eigenvalue weighted by atomic mass is 10.1. The highest BCUT2D eigenvalue weighted by Gasteiger charge is 2.24. The fourth-order valence-corrected chi connectivity index (χ4v) is 4.12. The maximum Gasteiger partial charge on any atom is 0.274 e. The second-order valence-electron chi connectivity index (χ2n) is 7.86. The molecule has 2 heterocycles. The van der Waals surface area contributed by atoms with Crippen molar-refractivity contribution in [2.45, 2.75) is 33.4 Å². The van der Waals surface area contributed by atoms with Crippen molar-refractivity contribution in [1.82, 2.24) is 19.6 Å². The van der Waals surface area contributed by atoms with Crippen LogP contribution >= 0.6 is 0 Å². The number of amides is 1. The van der Waals surface area contributed by atoms with Gasteiger partial charge in [-0.2, -0.15) is 5.10 Å². The van der Waals surface area contributed by atoms with Crippen molar-refractivity contribution in [2.24, 2.45) is 0 Å². The Morgan fingerprint density at radius 3 is 2.47 bits per heavy atom. The normalized spacial score (nSPS) is 15.3. The van der Waals surface area contributed by atoms with Gasteiger partial charge in [0.05, 0.1) is 5.39 Å². The van der Waals surface area contributed by atoms with Crippen LogP contribution in [-0.2, 0) is 13.1 Å². The number of fused-ring (bicyclic) bond motifs is 1. The van der Waals surface area contributed by atoms with E-state index in [1.54, 1.807) is 6.07 Å². The molecule has 0 aliphatic carbocycles. The molecule has 4 rings (SSSR count). The van der Waals surface area contributed by atoms with Gasteiger partial charge >= 0.3 is 0 Å². The average molecular weight is 405 g/mol. The molecule has 1 aliphatic heterocycles. The molecule has 1 amide bonds. The molecule has 6 heteroatoms. The van der Waals surface area contributed by atoms with Crippen LogP contribution < -0.4 is 5.56 Å². The number of aryl methyl sites for hydroxylation is 2. The van der Waals surface area contributed by atoms with E-state index in [0.717, 1.165) is 26.1 Å². The molecule has 0 unspecified atom stereocenters. The maximum atomic E-state index is 13.4. The summed E-state index contributed by atoms with van der Waals surface area (Å²) in [6.45, 7) is 8.49. The molecule has 0 atom stereocenters. The lowest BCUT2D eigenvalue weighted by Gasteiger charge is -2.23. The molecule has 2 aromatic carbocycles. The summed E-state index contributed by atoms with van der Waals surface area (Å²) in [7, 11) is 0. The molecule has 0 bridgehead atoms. The molecule has 0 radical (unpaired) electrons. The van der Waals surface area contributed by atoms with E-state index in [0.29, 0.717) is 36.1 Å². The van der Waals surface area contributed by atoms with Crippen LogP contribution in [0.25, 0.3) is 10.8 Å². The van der Waals surface area contributed by atoms with E-state index in [-0.39, 0.29) is 11.5 Å². The molecule has 156 valence electrons. The number of hydrogen-bond acceptors (Lipinski definition) is 4. The Labute approximate surface area is 176 Å². The van der Waals surface area contributed by atoms with Crippen molar-refractivity contribution in [3.8, 4) is 0 Å². The maximum absolute atomic E-state index is 13.4. The Hall–Kier alpha value is -2.99. The number of carbonyl (C=O) groups excluding carboxylic acids is 1. The molecule has 0 saturated carbocycles. The van der Waals surface area contributed by atoms with Gasteiger partial charge in [-0.25, -0.2) is 4.68 Å². The van der Waals surface area contributed by atoms with Crippen LogP contribution in [0.2, 0.25) is 0 Å². The third-order valence-electron chi connectivity index (χ3n) is 5.90. The summed E-state index contributed by atoms with van der Waals surface area (Å²) in [6, 6.07) is 15.7. The van der Waals surface area contributed by atoms with Gasteiger partial charge in [0.1, 0.15) is 0 Å². The number of aromatic nitrogens is 2. The van der Waals surface area contributed by atoms with Crippen molar-refractivity contribution in [3.63, 3.8) is 0 Å². The monoisotopic (exact) mass is 404 g/mol. The number of nitrogens with zero attached hydrogens (tertiary/aromatic N) is 4. The third-order valence-corrected chi connectivity index (χ3v) is 5.90. The van der Waals surface area contributed by atoms with E-state index < -0.39 is 0 Å². The molecule has 0 N–H and O–H groups in total. The number of carbonyl (C=O) groups is 1. The van der Waals surface area contributed by atoms with Crippen LogP contribution in [0, 0.1) is 6.92 Å². The highest BCUT2D eigenvalue weighted by atomic mass is 16.2. The van der Waals surface area contributed by atoms with Gasteiger partial charge in [0.2, 0.25) is 0 Å². The number of hydrogen-bond donors (Lipinski definition) is 0. The topological polar surface area (TPSA) is 58.4 Å². The highest BCUT2D eigenvalue weighted by molar-refractivity contribution is 6.04. The Balaban J connectivity index is 1.55. The van der Waals surface area contributed by atoms with Gasteiger partial charge in [-0.05, 0) is 37.5 Å². The highest BCUT2D eigenvalue weighted by Crippen LogP contribution is 2.18. The van der Waals surface area contributed by atoms with Crippen molar-refractivity contribution in [1.29, 1.82) is 0 Å². The van der Waals surface area contributed by atoms with Gasteiger partial charge in [0, 0.05) is 44.7 Å². The van der Waals surface area contributed by atoms with E-state index >= 15 is 0 Å². The zero-order valence-electron chi connectivity index (χ0n) is 17.7. The van der Waals surface area contributed by atoms with Gasteiger partial charge in [-0.1, -0.05) is 42.5 Å². The quantitative estimate of drug-likeness (QED) is 0.671. The summed E-state index contributed by atoms with van der Waals surface area (Å²) < 4.78 is 1.39. The minimum Gasteiger partial charge on any atom is -0.336 e. The molecule has 6 nitrogen and oxygen atoms in total. The molecule has 3 aromatic rings. The SMILES string of the molecule is CCn1nc(C(=O)N2CCCN(Cc3ccccc3C)CC2)c2ccccc2c1=O. The van der Waals surface area contributed by atoms with Crippen molar-refractivity contribution in [2.75, 3.05) is 26.2 Å². The zero-order chi connectivity index (χ0) is 21.1. The van der Waals surface area contributed by atoms with Gasteiger partial charge in [-0.15, -0.1) is 0 Å². The van der Waals surface area contributed by atoms with Crippen LogP contribution in [0.5, 0.6) is 0 Å². The predicted octanol–water partition coefficient (Wildman–Crippen LogP) is 3.07. The second kappa shape index (κ2) is 8.79. The molecule has 1 aliphatic rings. The predicted molar refractivity (Wildman–Crippen MR) is 119 cm³/mol. The van der Waals surface area contributed by atoms with E-state index in [9.17, 15) is 9.59 Å². The summed E-state index contributed by atoms with van der Waals surface area (Å²) in [5, 5.41) is 5.61. The Bertz CT molecular complexity index is 1120. The van der Waals surface area contributed by atoms with E-state index in [4.69, 9.17) is 0 Å². The molecule has 1 aromatic heterocycles. The summed E-state index contributed by atoms with van der Waals surface area (Å²) in [5.74, 6) is -0.0915. The summed E-state index contributed by atoms with van der Waals surface area (Å²) >= 11 is 0. The van der Waals surface area contributed by atoms with Gasteiger partial charge < -0.3 is 4.90 Å². The second-order valence-corrected chi connectivity index (χ2v) is 7.86. The first-order valence-corrected chi connectivity index (χ1v) is 10.6. The van der Waals surface area contributed by atoms with E-state index in [1.165, 1.54) is 15.8 Å². The smallest absolute Gasteiger partial charge is 0.274 e. The summed E-state index contributed by atoms with van der Waals surface area (Å²) in [4.78, 5) is 30.3. The first kappa shape index (κ1) is 20.3. The van der Waals surface area contributed by atoms with Crippen LogP contribution in [0.15, 0.2) is 53.3 Å². The first-order valence-electron chi connectivity index (χ1n) is 10.6. The average Bonchev–Trinajstić information content (AvgIpc) is 3.01. The fourth-order valence-electron chi connectivity index (χ4n) is 4.12. The van der Waals surface area contributed by atoms with Crippen LogP contribution in [0.1, 0.15) is 35.0 Å². The Morgan fingerprint density at radius 1 is 0.967 bits per heavy atom. The minimum atomic E-state index is -0.148. The van der Waals surface area contributed by atoms with Gasteiger partial charge in [0.15, 0.2) is 5.69 Å². The number of rotatable bonds is 4. The Kier molecular flexibility index (Phi) is 5.95. The largest absolute Gasteiger partial charge is 0.336 e. The zero-order valence-corrected chi connectivity index (χ0v) is 17.7. The summed E-state index contributed by atoms with van der Waals surface area (Å²) in [6.07, 6.45) is 0.920. The molecule has 0 spiro atoms. The third kappa shape index (κ3) is 4.00. The van der Waals surface area contributed by atoms with Crippen molar-refractivity contribution in [3.05, 3.63) is 75.7 Å². The van der Waals surface area contributed by atoms with Crippen molar-refractivity contribution >= 4 is 16.7 Å². The minimum absolute atomic E-state index is 0.0915. The number of benzene rings is 2. The lowest BCUT2D eigenvalue weighted by Crippen LogP contribution is -2.37. The summed E-state index contributed by atoms with van der Waals surface area (Å²) in [5.41, 5.74) is 2.86.